The Bertz CT molecular complexity index is 196. The van der Waals surface area contributed by atoms with Gasteiger partial charge in [0, 0.05) is 19.8 Å². The van der Waals surface area contributed by atoms with E-state index in [-0.39, 0.29) is 17.9 Å². The van der Waals surface area contributed by atoms with Crippen LogP contribution in [0.15, 0.2) is 0 Å². The molecule has 0 unspecified atom stereocenters. The highest BCUT2D eigenvalue weighted by molar-refractivity contribution is 5.73. The second-order valence-electron chi connectivity index (χ2n) is 3.21. The topological polar surface area (TPSA) is 64.6 Å². The van der Waals surface area contributed by atoms with Gasteiger partial charge in [0.1, 0.15) is 0 Å². The van der Waals surface area contributed by atoms with E-state index in [0.717, 1.165) is 0 Å². The van der Waals surface area contributed by atoms with Gasteiger partial charge in [-0.05, 0) is 20.3 Å². The second kappa shape index (κ2) is 8.23. The van der Waals surface area contributed by atoms with E-state index in [1.54, 1.807) is 21.0 Å². The molecule has 0 fully saturated rings. The molecule has 15 heavy (non-hydrogen) atoms. The van der Waals surface area contributed by atoms with Crippen LogP contribution >= 0.6 is 0 Å². The van der Waals surface area contributed by atoms with Crippen molar-refractivity contribution < 1.29 is 19.1 Å². The minimum absolute atomic E-state index is 0.235. The predicted octanol–water partition coefficient (Wildman–Crippen LogP) is 0.337. The number of rotatable bonds is 8. The molecule has 5 heteroatoms. The van der Waals surface area contributed by atoms with E-state index in [0.29, 0.717) is 26.0 Å². The Morgan fingerprint density at radius 2 is 2.20 bits per heavy atom. The van der Waals surface area contributed by atoms with Crippen LogP contribution in [0.2, 0.25) is 0 Å². The molecule has 0 saturated carbocycles. The Kier molecular flexibility index (Phi) is 7.62. The van der Waals surface area contributed by atoms with Gasteiger partial charge in [0.2, 0.25) is 6.41 Å². The van der Waals surface area contributed by atoms with Gasteiger partial charge in [-0.3, -0.25) is 9.59 Å². The van der Waals surface area contributed by atoms with Crippen molar-refractivity contribution in [3.8, 4) is 0 Å². The lowest BCUT2D eigenvalue weighted by Crippen LogP contribution is -2.39. The average molecular weight is 217 g/mol. The molecular formula is C10H19NO4. The van der Waals surface area contributed by atoms with Crippen LogP contribution in [-0.4, -0.2) is 38.7 Å². The number of hydrogen-bond donors (Lipinski definition) is 1. The smallest absolute Gasteiger partial charge is 0.310 e. The fourth-order valence-electron chi connectivity index (χ4n) is 1.25. The molecule has 0 aromatic rings. The summed E-state index contributed by atoms with van der Waals surface area (Å²) in [7, 11) is 1.58. The summed E-state index contributed by atoms with van der Waals surface area (Å²) in [5, 5.41) is 2.60. The first kappa shape index (κ1) is 13.9. The minimum atomic E-state index is -0.356. The van der Waals surface area contributed by atoms with Crippen LogP contribution in [0.25, 0.3) is 0 Å². The monoisotopic (exact) mass is 217 g/mol. The molecule has 88 valence electrons. The summed E-state index contributed by atoms with van der Waals surface area (Å²) < 4.78 is 9.78. The molecule has 5 nitrogen and oxygen atoms in total. The highest BCUT2D eigenvalue weighted by Gasteiger charge is 2.24. The number of methoxy groups -OCH3 is 1. The highest BCUT2D eigenvalue weighted by atomic mass is 16.5. The Hall–Kier alpha value is -1.10. The molecule has 1 N–H and O–H groups in total. The summed E-state index contributed by atoms with van der Waals surface area (Å²) in [6.07, 6.45) is 1.19. The lowest BCUT2D eigenvalue weighted by molar-refractivity contribution is -0.148. The molecule has 0 heterocycles. The first-order valence-corrected chi connectivity index (χ1v) is 5.02. The standard InChI is InChI=1S/C10H19NO4/c1-4-15-10(13)8(2)9(11-7-12)5-6-14-3/h7-9H,4-6H2,1-3H3,(H,11,12)/t8-,9+/m1/s1. The first-order chi connectivity index (χ1) is 7.17. The number of carbonyl (C=O) groups is 2. The van der Waals surface area contributed by atoms with Gasteiger partial charge in [0.05, 0.1) is 12.5 Å². The molecule has 0 rings (SSSR count). The van der Waals surface area contributed by atoms with Crippen LogP contribution in [0, 0.1) is 5.92 Å². The number of esters is 1. The van der Waals surface area contributed by atoms with Crippen LogP contribution in [0.4, 0.5) is 0 Å². The van der Waals surface area contributed by atoms with E-state index in [2.05, 4.69) is 5.32 Å². The Balaban J connectivity index is 4.18. The summed E-state index contributed by atoms with van der Waals surface area (Å²) in [6, 6.07) is -0.235. The molecule has 0 bridgehead atoms. The van der Waals surface area contributed by atoms with Crippen LogP contribution in [0.3, 0.4) is 0 Å². The van der Waals surface area contributed by atoms with E-state index < -0.39 is 0 Å². The van der Waals surface area contributed by atoms with Crippen molar-refractivity contribution in [1.29, 1.82) is 0 Å². The van der Waals surface area contributed by atoms with Crippen LogP contribution in [0.5, 0.6) is 0 Å². The van der Waals surface area contributed by atoms with Gasteiger partial charge in [0.25, 0.3) is 0 Å². The molecular weight excluding hydrogens is 198 g/mol. The Morgan fingerprint density at radius 1 is 1.53 bits per heavy atom. The fraction of sp³-hybridized carbons (Fsp3) is 0.800. The van der Waals surface area contributed by atoms with Gasteiger partial charge in [-0.15, -0.1) is 0 Å². The molecule has 0 aromatic heterocycles. The van der Waals surface area contributed by atoms with E-state index in [1.165, 1.54) is 0 Å². The summed E-state index contributed by atoms with van der Waals surface area (Å²) in [6.45, 7) is 4.33. The van der Waals surface area contributed by atoms with Crippen molar-refractivity contribution in [1.82, 2.24) is 5.32 Å². The molecule has 0 saturated heterocycles. The van der Waals surface area contributed by atoms with Gasteiger partial charge in [-0.2, -0.15) is 0 Å². The third-order valence-corrected chi connectivity index (χ3v) is 2.18. The lowest BCUT2D eigenvalue weighted by Gasteiger charge is -2.21. The zero-order valence-corrected chi connectivity index (χ0v) is 9.49. The number of amides is 1. The van der Waals surface area contributed by atoms with Crippen LogP contribution in [-0.2, 0) is 19.1 Å². The number of carbonyl (C=O) groups excluding carboxylic acids is 2. The molecule has 0 aromatic carbocycles. The summed E-state index contributed by atoms with van der Waals surface area (Å²) >= 11 is 0. The second-order valence-corrected chi connectivity index (χ2v) is 3.21. The van der Waals surface area contributed by atoms with Gasteiger partial charge >= 0.3 is 5.97 Å². The molecule has 1 amide bonds. The normalized spacial score (nSPS) is 14.1. The molecule has 2 atom stereocenters. The van der Waals surface area contributed by atoms with Crippen LogP contribution in [0.1, 0.15) is 20.3 Å². The van der Waals surface area contributed by atoms with Gasteiger partial charge < -0.3 is 14.8 Å². The minimum Gasteiger partial charge on any atom is -0.466 e. The predicted molar refractivity (Wildman–Crippen MR) is 55.3 cm³/mol. The van der Waals surface area contributed by atoms with Gasteiger partial charge in [-0.25, -0.2) is 0 Å². The molecule has 0 aliphatic rings. The molecule has 0 aliphatic carbocycles. The average Bonchev–Trinajstić information content (AvgIpc) is 2.23. The largest absolute Gasteiger partial charge is 0.466 e. The fourth-order valence-corrected chi connectivity index (χ4v) is 1.25. The van der Waals surface area contributed by atoms with Crippen molar-refractivity contribution in [2.24, 2.45) is 5.92 Å². The van der Waals surface area contributed by atoms with Crippen molar-refractivity contribution in [2.75, 3.05) is 20.3 Å². The van der Waals surface area contributed by atoms with Gasteiger partial charge in [0.15, 0.2) is 0 Å². The van der Waals surface area contributed by atoms with Crippen molar-refractivity contribution in [2.45, 2.75) is 26.3 Å². The zero-order valence-electron chi connectivity index (χ0n) is 9.49. The molecule has 0 radical (unpaired) electrons. The maximum Gasteiger partial charge on any atom is 0.310 e. The maximum absolute atomic E-state index is 11.4. The highest BCUT2D eigenvalue weighted by Crippen LogP contribution is 2.09. The van der Waals surface area contributed by atoms with Crippen LogP contribution < -0.4 is 5.32 Å². The molecule has 0 spiro atoms. The number of ether oxygens (including phenoxy) is 2. The first-order valence-electron chi connectivity index (χ1n) is 5.02. The van der Waals surface area contributed by atoms with E-state index in [9.17, 15) is 9.59 Å². The Morgan fingerprint density at radius 3 is 2.67 bits per heavy atom. The van der Waals surface area contributed by atoms with Gasteiger partial charge in [-0.1, -0.05) is 0 Å². The lowest BCUT2D eigenvalue weighted by atomic mass is 9.99. The summed E-state index contributed by atoms with van der Waals surface area (Å²) in [5.41, 5.74) is 0. The zero-order chi connectivity index (χ0) is 11.7. The van der Waals surface area contributed by atoms with E-state index in [4.69, 9.17) is 9.47 Å². The summed E-state index contributed by atoms with van der Waals surface area (Å²) in [5.74, 6) is -0.654. The SMILES string of the molecule is CCOC(=O)[C@H](C)[C@H](CCOC)NC=O. The van der Waals surface area contributed by atoms with Crippen molar-refractivity contribution >= 4 is 12.4 Å². The molecule has 0 aliphatic heterocycles. The van der Waals surface area contributed by atoms with E-state index >= 15 is 0 Å². The summed E-state index contributed by atoms with van der Waals surface area (Å²) in [4.78, 5) is 21.8. The van der Waals surface area contributed by atoms with Crippen molar-refractivity contribution in [3.63, 3.8) is 0 Å². The third kappa shape index (κ3) is 5.37. The number of nitrogens with one attached hydrogen (secondary N) is 1. The maximum atomic E-state index is 11.4. The quantitative estimate of drug-likeness (QED) is 0.470. The number of hydrogen-bond acceptors (Lipinski definition) is 4. The van der Waals surface area contributed by atoms with Crippen molar-refractivity contribution in [3.05, 3.63) is 0 Å². The Labute approximate surface area is 90.1 Å². The third-order valence-electron chi connectivity index (χ3n) is 2.18. The van der Waals surface area contributed by atoms with E-state index in [1.807, 2.05) is 0 Å².